The number of carbonyl (C=O) groups is 3. The van der Waals surface area contributed by atoms with Gasteiger partial charge in [-0.15, -0.1) is 0 Å². The zero-order valence-corrected chi connectivity index (χ0v) is 33.6. The molecule has 1 heterocycles. The summed E-state index contributed by atoms with van der Waals surface area (Å²) in [5.41, 5.74) is 2.29. The first kappa shape index (κ1) is 39.3. The Labute approximate surface area is 318 Å². The molecular weight excluding hydrogens is 661 g/mol. The molecule has 3 saturated carbocycles. The largest absolute Gasteiger partial charge is 0.506 e. The van der Waals surface area contributed by atoms with Crippen LogP contribution in [0.3, 0.4) is 0 Å². The zero-order valence-electron chi connectivity index (χ0n) is 33.6. The molecule has 8 nitrogen and oxygen atoms in total. The number of aliphatic hydroxyl groups excluding tert-OH is 1. The number of benzene rings is 1. The number of rotatable bonds is 14. The summed E-state index contributed by atoms with van der Waals surface area (Å²) in [5, 5.41) is 21.5. The van der Waals surface area contributed by atoms with Crippen LogP contribution in [0.5, 0.6) is 0 Å². The second-order valence-corrected chi connectivity index (χ2v) is 18.0. The topological polar surface area (TPSA) is 102 Å². The van der Waals surface area contributed by atoms with E-state index in [1.807, 2.05) is 39.0 Å². The van der Waals surface area contributed by atoms with Crippen LogP contribution in [0.15, 0.2) is 40.2 Å². The number of nitrogens with one attached hydrogen (secondary N) is 1. The van der Waals surface area contributed by atoms with Gasteiger partial charge in [-0.05, 0) is 93.7 Å². The summed E-state index contributed by atoms with van der Waals surface area (Å²) in [6.07, 6.45) is 20.0. The quantitative estimate of drug-likeness (QED) is 0.186. The van der Waals surface area contributed by atoms with Crippen molar-refractivity contribution < 1.29 is 19.5 Å². The zero-order chi connectivity index (χ0) is 37.9. The molecule has 1 aromatic rings. The lowest BCUT2D eigenvalue weighted by Gasteiger charge is -2.41. The van der Waals surface area contributed by atoms with E-state index in [9.17, 15) is 19.5 Å². The van der Waals surface area contributed by atoms with Crippen molar-refractivity contribution >= 4 is 40.3 Å². The number of allylic oxidation sites excluding steroid dienone is 2. The summed E-state index contributed by atoms with van der Waals surface area (Å²) in [4.78, 5) is 44.6. The number of hydrogen-bond acceptors (Lipinski definition) is 6. The third kappa shape index (κ3) is 8.47. The number of Topliss-reactive ketones (excluding diaryl/α,β-unsaturated/α-hetero) is 1. The van der Waals surface area contributed by atoms with Crippen molar-refractivity contribution in [2.24, 2.45) is 34.2 Å². The van der Waals surface area contributed by atoms with Crippen LogP contribution in [0.25, 0.3) is 5.57 Å². The van der Waals surface area contributed by atoms with Crippen LogP contribution in [-0.2, 0) is 14.4 Å². The third-order valence-corrected chi connectivity index (χ3v) is 13.3. The van der Waals surface area contributed by atoms with E-state index in [2.05, 4.69) is 24.1 Å². The van der Waals surface area contributed by atoms with Crippen molar-refractivity contribution in [2.75, 3.05) is 23.3 Å². The molecule has 53 heavy (non-hydrogen) atoms. The van der Waals surface area contributed by atoms with Gasteiger partial charge in [-0.2, -0.15) is 5.10 Å². The van der Waals surface area contributed by atoms with Crippen molar-refractivity contribution in [1.29, 1.82) is 0 Å². The average Bonchev–Trinajstić information content (AvgIpc) is 3.77. The first-order valence-corrected chi connectivity index (χ1v) is 21.2. The highest BCUT2D eigenvalue weighted by Gasteiger charge is 2.47. The van der Waals surface area contributed by atoms with E-state index in [1.165, 1.54) is 70.6 Å². The molecule has 2 N–H and O–H groups in total. The highest BCUT2D eigenvalue weighted by molar-refractivity contribution is 6.44. The van der Waals surface area contributed by atoms with E-state index in [4.69, 9.17) is 5.10 Å². The van der Waals surface area contributed by atoms with Gasteiger partial charge < -0.3 is 15.3 Å². The molecule has 1 aliphatic heterocycles. The Morgan fingerprint density at radius 1 is 0.925 bits per heavy atom. The maximum Gasteiger partial charge on any atom is 0.277 e. The lowest BCUT2D eigenvalue weighted by atomic mass is 9.73. The summed E-state index contributed by atoms with van der Waals surface area (Å²) >= 11 is 0. The van der Waals surface area contributed by atoms with E-state index in [-0.39, 0.29) is 46.1 Å². The van der Waals surface area contributed by atoms with E-state index < -0.39 is 5.41 Å². The Kier molecular flexibility index (Phi) is 12.6. The molecule has 0 radical (unpaired) electrons. The highest BCUT2D eigenvalue weighted by Crippen LogP contribution is 2.46. The third-order valence-electron chi connectivity index (χ3n) is 13.3. The van der Waals surface area contributed by atoms with Gasteiger partial charge >= 0.3 is 0 Å². The average molecular weight is 727 g/mol. The van der Waals surface area contributed by atoms with Crippen LogP contribution in [-0.4, -0.2) is 52.6 Å². The molecule has 6 rings (SSSR count). The van der Waals surface area contributed by atoms with Crippen molar-refractivity contribution in [1.82, 2.24) is 5.01 Å². The first-order valence-electron chi connectivity index (χ1n) is 21.2. The molecule has 290 valence electrons. The first-order chi connectivity index (χ1) is 25.4. The Morgan fingerprint density at radius 2 is 1.53 bits per heavy atom. The maximum absolute atomic E-state index is 14.4. The van der Waals surface area contributed by atoms with E-state index in [1.54, 1.807) is 11.9 Å². The lowest BCUT2D eigenvalue weighted by molar-refractivity contribution is -0.131. The Balaban J connectivity index is 1.33. The minimum Gasteiger partial charge on any atom is -0.506 e. The second-order valence-electron chi connectivity index (χ2n) is 18.0. The summed E-state index contributed by atoms with van der Waals surface area (Å²) in [6, 6.07) is 5.88. The molecule has 5 aliphatic rings. The van der Waals surface area contributed by atoms with Gasteiger partial charge in [0.15, 0.2) is 0 Å². The maximum atomic E-state index is 14.4. The van der Waals surface area contributed by atoms with Crippen molar-refractivity contribution in [3.63, 3.8) is 0 Å². The summed E-state index contributed by atoms with van der Waals surface area (Å²) in [7, 11) is 0. The van der Waals surface area contributed by atoms with Gasteiger partial charge in [0.2, 0.25) is 11.7 Å². The number of anilines is 2. The van der Waals surface area contributed by atoms with Crippen LogP contribution in [0, 0.1) is 29.1 Å². The number of carbonyl (C=O) groups excluding carboxylic acids is 3. The monoisotopic (exact) mass is 727 g/mol. The Morgan fingerprint density at radius 3 is 2.09 bits per heavy atom. The van der Waals surface area contributed by atoms with Gasteiger partial charge in [0.1, 0.15) is 5.76 Å². The van der Waals surface area contributed by atoms with Gasteiger partial charge in [-0.3, -0.25) is 14.4 Å². The van der Waals surface area contributed by atoms with Gasteiger partial charge in [0.25, 0.3) is 5.91 Å². The number of aliphatic hydroxyl groups is 1. The number of hydrogen-bond donors (Lipinski definition) is 2. The summed E-state index contributed by atoms with van der Waals surface area (Å²) in [5.74, 6) is 1.13. The molecule has 0 spiro atoms. The van der Waals surface area contributed by atoms with Gasteiger partial charge in [0.05, 0.1) is 34.2 Å². The molecule has 3 fully saturated rings. The molecule has 0 aromatic heterocycles. The van der Waals surface area contributed by atoms with Gasteiger partial charge in [-0.25, -0.2) is 5.01 Å². The van der Waals surface area contributed by atoms with Crippen LogP contribution in [0.2, 0.25) is 0 Å². The summed E-state index contributed by atoms with van der Waals surface area (Å²) in [6.45, 7) is 13.9. The molecule has 0 bridgehead atoms. The molecule has 0 saturated heterocycles. The predicted molar refractivity (Wildman–Crippen MR) is 216 cm³/mol. The van der Waals surface area contributed by atoms with Crippen LogP contribution in [0.1, 0.15) is 156 Å². The standard InChI is InChI=1S/C45H66N4O4/c1-7-45(5,6)44(53)46-36-27-34(48(28-29(2)3)26-16-19-31-17-14-15-18-31)24-25-35(36)38-41(50)39(42(38)51)37-30(4)47-49(43(37)52)40(32-20-10-8-11-21-32)33-22-12-9-13-23-33/h24-25,27,29,31-33,40,50H,7-23,26,28H2,1-6H3,(H,46,53)/b39-37-. The van der Waals surface area contributed by atoms with Crippen molar-refractivity contribution in [2.45, 2.75) is 157 Å². The molecule has 0 atom stereocenters. The van der Waals surface area contributed by atoms with E-state index in [0.29, 0.717) is 41.1 Å². The molecule has 4 aliphatic carbocycles. The molecule has 2 amide bonds. The lowest BCUT2D eigenvalue weighted by Crippen LogP contribution is -2.46. The smallest absolute Gasteiger partial charge is 0.277 e. The van der Waals surface area contributed by atoms with Gasteiger partial charge in [-0.1, -0.05) is 98.8 Å². The predicted octanol–water partition coefficient (Wildman–Crippen LogP) is 10.4. The molecule has 1 aromatic carbocycles. The highest BCUT2D eigenvalue weighted by atomic mass is 16.3. The SMILES string of the molecule is CCC(C)(C)C(=O)Nc1cc(N(CCCC2CCCC2)CC(C)C)ccc1C1=C(O)/C(=C2/C(=O)N(C(C3CCCCC3)C3CCCCC3)N=C2C)C1=O. The van der Waals surface area contributed by atoms with Gasteiger partial charge in [0, 0.05) is 29.8 Å². The fraction of sp³-hybridized carbons (Fsp3) is 0.689. The second kappa shape index (κ2) is 16.9. The number of nitrogens with zero attached hydrogens (tertiary/aromatic N) is 3. The Bertz CT molecular complexity index is 1600. The minimum absolute atomic E-state index is 0.0279. The number of amides is 2. The normalized spacial score (nSPS) is 22.3. The molecule has 8 heteroatoms. The van der Waals surface area contributed by atoms with Crippen molar-refractivity contribution in [3.8, 4) is 0 Å². The van der Waals surface area contributed by atoms with E-state index >= 15 is 0 Å². The number of hydrazone groups is 1. The minimum atomic E-state index is -0.625. The van der Waals surface area contributed by atoms with Crippen LogP contribution < -0.4 is 10.2 Å². The van der Waals surface area contributed by atoms with E-state index in [0.717, 1.165) is 56.8 Å². The fourth-order valence-electron chi connectivity index (χ4n) is 9.78. The van der Waals surface area contributed by atoms with Crippen LogP contribution >= 0.6 is 0 Å². The summed E-state index contributed by atoms with van der Waals surface area (Å²) < 4.78 is 0. The Hall–Kier alpha value is -3.42. The molecular formula is C45H66N4O4. The molecule has 0 unspecified atom stereocenters. The van der Waals surface area contributed by atoms with Crippen LogP contribution in [0.4, 0.5) is 11.4 Å². The van der Waals surface area contributed by atoms with Crippen molar-refractivity contribution in [3.05, 3.63) is 40.7 Å². The fourth-order valence-corrected chi connectivity index (χ4v) is 9.78. The number of ketones is 1.